The van der Waals surface area contributed by atoms with Crippen LogP contribution in [0.3, 0.4) is 0 Å². The Balaban J connectivity index is 4.66. The van der Waals surface area contributed by atoms with Crippen LogP contribution in [0.25, 0.3) is 0 Å². The Morgan fingerprint density at radius 3 is 2.07 bits per heavy atom. The molecule has 7 N–H and O–H groups in total. The van der Waals surface area contributed by atoms with Crippen molar-refractivity contribution in [3.05, 3.63) is 0 Å². The molecule has 3 amide bonds. The van der Waals surface area contributed by atoms with Crippen LogP contribution in [0.4, 0.5) is 0 Å². The van der Waals surface area contributed by atoms with Gasteiger partial charge in [0.05, 0.1) is 19.0 Å². The second-order valence-corrected chi connectivity index (χ2v) is 6.29. The molecule has 0 fully saturated rings. The number of carbonyl (C=O) groups excluding carboxylic acids is 3. The SMILES string of the molecule is CCC(C)C(N)C(=O)NCC(=O)NC(CS)C(=O)NC(CC(=O)O)C(=O)O. The Kier molecular flexibility index (Phi) is 11.1. The molecule has 0 aliphatic rings. The Bertz CT molecular complexity index is 572. The zero-order valence-electron chi connectivity index (χ0n) is 15.1. The summed E-state index contributed by atoms with van der Waals surface area (Å²) in [6.07, 6.45) is -0.137. The monoisotopic (exact) mass is 406 g/mol. The first-order chi connectivity index (χ1) is 12.5. The molecular formula is C15H26N4O7S. The van der Waals surface area contributed by atoms with Crippen molar-refractivity contribution in [1.29, 1.82) is 0 Å². The molecule has 0 saturated carbocycles. The van der Waals surface area contributed by atoms with E-state index in [-0.39, 0.29) is 11.7 Å². The number of hydrogen-bond donors (Lipinski definition) is 7. The van der Waals surface area contributed by atoms with Gasteiger partial charge in [0.2, 0.25) is 17.7 Å². The molecule has 0 aliphatic carbocycles. The van der Waals surface area contributed by atoms with Crippen molar-refractivity contribution in [3.8, 4) is 0 Å². The van der Waals surface area contributed by atoms with Gasteiger partial charge in [-0.1, -0.05) is 20.3 Å². The van der Waals surface area contributed by atoms with Crippen LogP contribution in [0, 0.1) is 5.92 Å². The van der Waals surface area contributed by atoms with Crippen molar-refractivity contribution >= 4 is 42.3 Å². The summed E-state index contributed by atoms with van der Waals surface area (Å²) in [6, 6.07) is -3.64. The van der Waals surface area contributed by atoms with E-state index in [0.29, 0.717) is 6.42 Å². The normalized spacial score (nSPS) is 15.0. The molecule has 12 heteroatoms. The summed E-state index contributed by atoms with van der Waals surface area (Å²) in [5, 5.41) is 24.2. The van der Waals surface area contributed by atoms with E-state index in [2.05, 4.69) is 23.3 Å². The van der Waals surface area contributed by atoms with Crippen molar-refractivity contribution in [1.82, 2.24) is 16.0 Å². The summed E-state index contributed by atoms with van der Waals surface area (Å²) in [7, 11) is 0. The van der Waals surface area contributed by atoms with Crippen molar-refractivity contribution in [2.24, 2.45) is 11.7 Å². The molecule has 4 atom stereocenters. The highest BCUT2D eigenvalue weighted by molar-refractivity contribution is 7.80. The van der Waals surface area contributed by atoms with Crippen LogP contribution in [0.2, 0.25) is 0 Å². The molecule has 0 spiro atoms. The number of hydrogen-bond acceptors (Lipinski definition) is 7. The summed E-state index contributed by atoms with van der Waals surface area (Å²) in [6.45, 7) is 3.23. The Morgan fingerprint density at radius 2 is 1.63 bits per heavy atom. The summed E-state index contributed by atoms with van der Waals surface area (Å²) >= 11 is 3.91. The van der Waals surface area contributed by atoms with Gasteiger partial charge < -0.3 is 31.9 Å². The van der Waals surface area contributed by atoms with Crippen molar-refractivity contribution < 1.29 is 34.2 Å². The molecule has 0 radical (unpaired) electrons. The Morgan fingerprint density at radius 1 is 1.04 bits per heavy atom. The minimum absolute atomic E-state index is 0.0776. The van der Waals surface area contributed by atoms with E-state index in [9.17, 15) is 24.0 Å². The number of amides is 3. The van der Waals surface area contributed by atoms with Crippen LogP contribution in [-0.2, 0) is 24.0 Å². The highest BCUT2D eigenvalue weighted by atomic mass is 32.1. The van der Waals surface area contributed by atoms with E-state index in [1.54, 1.807) is 6.92 Å². The zero-order valence-corrected chi connectivity index (χ0v) is 16.0. The third kappa shape index (κ3) is 9.24. The lowest BCUT2D eigenvalue weighted by Gasteiger charge is -2.20. The lowest BCUT2D eigenvalue weighted by molar-refractivity contribution is -0.147. The summed E-state index contributed by atoms with van der Waals surface area (Å²) in [4.78, 5) is 57.4. The number of thiol groups is 1. The minimum Gasteiger partial charge on any atom is -0.481 e. The van der Waals surface area contributed by atoms with Crippen LogP contribution >= 0.6 is 12.6 Å². The van der Waals surface area contributed by atoms with Crippen LogP contribution < -0.4 is 21.7 Å². The van der Waals surface area contributed by atoms with Gasteiger partial charge in [0.15, 0.2) is 0 Å². The number of aliphatic carboxylic acids is 2. The number of carboxylic acid groups (broad SMARTS) is 2. The predicted molar refractivity (Wildman–Crippen MR) is 98.0 cm³/mol. The number of rotatable bonds is 12. The molecule has 0 rings (SSSR count). The van der Waals surface area contributed by atoms with Crippen LogP contribution in [-0.4, -0.2) is 70.3 Å². The molecular weight excluding hydrogens is 380 g/mol. The molecule has 11 nitrogen and oxygen atoms in total. The largest absolute Gasteiger partial charge is 0.481 e. The standard InChI is InChI=1S/C15H26N4O7S/c1-3-7(2)12(16)14(24)17-5-10(20)18-9(6-27)13(23)19-8(15(25)26)4-11(21)22/h7-9,12,27H,3-6,16H2,1-2H3,(H,17,24)(H,18,20)(H,19,23)(H,21,22)(H,25,26). The fourth-order valence-electron chi connectivity index (χ4n) is 1.88. The molecule has 0 heterocycles. The maximum absolute atomic E-state index is 12.0. The Labute approximate surface area is 161 Å². The first kappa shape index (κ1) is 24.7. The average Bonchev–Trinajstić information content (AvgIpc) is 2.61. The lowest BCUT2D eigenvalue weighted by Crippen LogP contribution is -2.55. The zero-order chi connectivity index (χ0) is 21.1. The fraction of sp³-hybridized carbons (Fsp3) is 0.667. The molecule has 0 aromatic heterocycles. The van der Waals surface area contributed by atoms with E-state index in [1.807, 2.05) is 12.2 Å². The van der Waals surface area contributed by atoms with Gasteiger partial charge in [-0.25, -0.2) is 4.79 Å². The van der Waals surface area contributed by atoms with Crippen molar-refractivity contribution in [2.45, 2.75) is 44.8 Å². The van der Waals surface area contributed by atoms with E-state index in [1.165, 1.54) is 0 Å². The van der Waals surface area contributed by atoms with E-state index in [4.69, 9.17) is 15.9 Å². The third-order valence-electron chi connectivity index (χ3n) is 3.81. The predicted octanol–water partition coefficient (Wildman–Crippen LogP) is -2.07. The average molecular weight is 406 g/mol. The topological polar surface area (TPSA) is 188 Å². The van der Waals surface area contributed by atoms with Gasteiger partial charge in [0, 0.05) is 5.75 Å². The van der Waals surface area contributed by atoms with Crippen LogP contribution in [0.15, 0.2) is 0 Å². The summed E-state index contributed by atoms with van der Waals surface area (Å²) in [5.74, 6) is -5.31. The second kappa shape index (κ2) is 12.1. The highest BCUT2D eigenvalue weighted by Gasteiger charge is 2.27. The van der Waals surface area contributed by atoms with E-state index >= 15 is 0 Å². The maximum Gasteiger partial charge on any atom is 0.326 e. The van der Waals surface area contributed by atoms with Crippen LogP contribution in [0.1, 0.15) is 26.7 Å². The lowest BCUT2D eigenvalue weighted by atomic mass is 9.99. The number of nitrogens with one attached hydrogen (secondary N) is 3. The van der Waals surface area contributed by atoms with Gasteiger partial charge in [0.25, 0.3) is 0 Å². The second-order valence-electron chi connectivity index (χ2n) is 5.93. The van der Waals surface area contributed by atoms with Gasteiger partial charge in [0.1, 0.15) is 12.1 Å². The van der Waals surface area contributed by atoms with E-state index < -0.39 is 60.8 Å². The van der Waals surface area contributed by atoms with Gasteiger partial charge in [-0.2, -0.15) is 12.6 Å². The molecule has 27 heavy (non-hydrogen) atoms. The van der Waals surface area contributed by atoms with Gasteiger partial charge in [-0.05, 0) is 5.92 Å². The molecule has 154 valence electrons. The Hall–Kier alpha value is -2.34. The maximum atomic E-state index is 12.0. The van der Waals surface area contributed by atoms with Crippen LogP contribution in [0.5, 0.6) is 0 Å². The molecule has 0 aromatic rings. The molecule has 0 bridgehead atoms. The number of carboxylic acids is 2. The summed E-state index contributed by atoms with van der Waals surface area (Å²) < 4.78 is 0. The van der Waals surface area contributed by atoms with Gasteiger partial charge >= 0.3 is 11.9 Å². The van der Waals surface area contributed by atoms with Gasteiger partial charge in [-0.15, -0.1) is 0 Å². The number of carbonyl (C=O) groups is 5. The van der Waals surface area contributed by atoms with Gasteiger partial charge in [-0.3, -0.25) is 19.2 Å². The van der Waals surface area contributed by atoms with E-state index in [0.717, 1.165) is 0 Å². The summed E-state index contributed by atoms with van der Waals surface area (Å²) in [5.41, 5.74) is 5.73. The first-order valence-corrected chi connectivity index (χ1v) is 8.85. The minimum atomic E-state index is -1.65. The van der Waals surface area contributed by atoms with Crippen molar-refractivity contribution in [3.63, 3.8) is 0 Å². The smallest absolute Gasteiger partial charge is 0.326 e. The molecule has 0 saturated heterocycles. The first-order valence-electron chi connectivity index (χ1n) is 8.21. The fourth-order valence-corrected chi connectivity index (χ4v) is 2.14. The number of nitrogens with two attached hydrogens (primary N) is 1. The highest BCUT2D eigenvalue weighted by Crippen LogP contribution is 2.04. The quantitative estimate of drug-likeness (QED) is 0.180. The molecule has 0 aromatic carbocycles. The molecule has 4 unspecified atom stereocenters. The third-order valence-corrected chi connectivity index (χ3v) is 4.18. The van der Waals surface area contributed by atoms with Crippen molar-refractivity contribution in [2.75, 3.05) is 12.3 Å². The molecule has 0 aliphatic heterocycles.